The SMILES string of the molecule is CCOC(=O)C1CN(CCCCc2cnc[nH]2)CCN1Cc1ccc(Cl)cc1. The molecule has 1 atom stereocenters. The summed E-state index contributed by atoms with van der Waals surface area (Å²) in [4.78, 5) is 24.4. The van der Waals surface area contributed by atoms with Crippen LogP contribution in [-0.2, 0) is 22.5 Å². The molecule has 1 aliphatic rings. The van der Waals surface area contributed by atoms with Gasteiger partial charge in [-0.1, -0.05) is 23.7 Å². The Bertz CT molecular complexity index is 721. The first kappa shape index (κ1) is 20.8. The number of aromatic amines is 1. The molecule has 0 spiro atoms. The molecule has 0 bridgehead atoms. The van der Waals surface area contributed by atoms with E-state index in [-0.39, 0.29) is 12.0 Å². The maximum atomic E-state index is 12.6. The first-order valence-electron chi connectivity index (χ1n) is 10.0. The largest absolute Gasteiger partial charge is 0.465 e. The van der Waals surface area contributed by atoms with E-state index < -0.39 is 0 Å². The van der Waals surface area contributed by atoms with Crippen molar-refractivity contribution in [2.75, 3.05) is 32.8 Å². The molecule has 0 amide bonds. The summed E-state index contributed by atoms with van der Waals surface area (Å²) < 4.78 is 5.35. The number of halogens is 1. The van der Waals surface area contributed by atoms with Crippen LogP contribution in [0, 0.1) is 0 Å². The maximum absolute atomic E-state index is 12.6. The molecule has 2 aromatic rings. The highest BCUT2D eigenvalue weighted by atomic mass is 35.5. The first-order chi connectivity index (χ1) is 13.7. The molecule has 1 aliphatic heterocycles. The van der Waals surface area contributed by atoms with Gasteiger partial charge in [0.2, 0.25) is 0 Å². The number of carbonyl (C=O) groups is 1. The highest BCUT2D eigenvalue weighted by Gasteiger charge is 2.33. The number of unbranched alkanes of at least 4 members (excludes halogenated alkanes) is 1. The van der Waals surface area contributed by atoms with E-state index in [1.807, 2.05) is 37.4 Å². The topological polar surface area (TPSA) is 61.5 Å². The molecular weight excluding hydrogens is 376 g/mol. The molecule has 1 fully saturated rings. The van der Waals surface area contributed by atoms with Gasteiger partial charge in [-0.05, 0) is 50.4 Å². The average Bonchev–Trinajstić information content (AvgIpc) is 3.21. The Balaban J connectivity index is 1.52. The number of piperazine rings is 1. The maximum Gasteiger partial charge on any atom is 0.324 e. The number of rotatable bonds is 9. The molecule has 1 saturated heterocycles. The Kier molecular flexibility index (Phi) is 7.89. The molecule has 3 rings (SSSR count). The fourth-order valence-electron chi connectivity index (χ4n) is 3.63. The van der Waals surface area contributed by atoms with Crippen LogP contribution in [0.4, 0.5) is 0 Å². The molecule has 28 heavy (non-hydrogen) atoms. The van der Waals surface area contributed by atoms with Crippen molar-refractivity contribution in [2.24, 2.45) is 0 Å². The van der Waals surface area contributed by atoms with Crippen LogP contribution in [0.3, 0.4) is 0 Å². The number of carbonyl (C=O) groups excluding carboxylic acids is 1. The third-order valence-corrected chi connectivity index (χ3v) is 5.41. The molecule has 1 unspecified atom stereocenters. The lowest BCUT2D eigenvalue weighted by atomic mass is 10.1. The number of ether oxygens (including phenoxy) is 1. The second-order valence-corrected chi connectivity index (χ2v) is 7.64. The van der Waals surface area contributed by atoms with E-state index in [4.69, 9.17) is 16.3 Å². The smallest absolute Gasteiger partial charge is 0.324 e. The average molecular weight is 405 g/mol. The Morgan fingerprint density at radius 1 is 1.29 bits per heavy atom. The van der Waals surface area contributed by atoms with Crippen molar-refractivity contribution in [2.45, 2.75) is 38.8 Å². The lowest BCUT2D eigenvalue weighted by Crippen LogP contribution is -2.56. The summed E-state index contributed by atoms with van der Waals surface area (Å²) in [5.74, 6) is -0.126. The summed E-state index contributed by atoms with van der Waals surface area (Å²) in [6, 6.07) is 7.61. The third-order valence-electron chi connectivity index (χ3n) is 5.16. The number of nitrogens with zero attached hydrogens (tertiary/aromatic N) is 3. The summed E-state index contributed by atoms with van der Waals surface area (Å²) in [6.45, 7) is 6.54. The monoisotopic (exact) mass is 404 g/mol. The number of aromatic nitrogens is 2. The molecule has 2 heterocycles. The van der Waals surface area contributed by atoms with Gasteiger partial charge in [-0.3, -0.25) is 14.6 Å². The van der Waals surface area contributed by atoms with Crippen LogP contribution in [0.25, 0.3) is 0 Å². The van der Waals surface area contributed by atoms with Gasteiger partial charge < -0.3 is 9.72 Å². The van der Waals surface area contributed by atoms with Gasteiger partial charge in [-0.2, -0.15) is 0 Å². The molecule has 1 aromatic carbocycles. The predicted molar refractivity (Wildman–Crippen MR) is 110 cm³/mol. The first-order valence-corrected chi connectivity index (χ1v) is 10.4. The fourth-order valence-corrected chi connectivity index (χ4v) is 3.75. The Morgan fingerprint density at radius 2 is 2.11 bits per heavy atom. The Hall–Kier alpha value is -1.89. The van der Waals surface area contributed by atoms with Gasteiger partial charge in [0.15, 0.2) is 0 Å². The molecule has 6 nitrogen and oxygen atoms in total. The third kappa shape index (κ3) is 6.06. The minimum absolute atomic E-state index is 0.126. The minimum Gasteiger partial charge on any atom is -0.465 e. The van der Waals surface area contributed by atoms with Crippen LogP contribution in [0.5, 0.6) is 0 Å². The highest BCUT2D eigenvalue weighted by Crippen LogP contribution is 2.18. The van der Waals surface area contributed by atoms with Gasteiger partial charge in [0.25, 0.3) is 0 Å². The zero-order chi connectivity index (χ0) is 19.8. The fraction of sp³-hybridized carbons (Fsp3) is 0.524. The van der Waals surface area contributed by atoms with Gasteiger partial charge in [0.05, 0.1) is 12.9 Å². The van der Waals surface area contributed by atoms with Crippen molar-refractivity contribution in [3.05, 3.63) is 53.1 Å². The van der Waals surface area contributed by atoms with Crippen molar-refractivity contribution < 1.29 is 9.53 Å². The summed E-state index contributed by atoms with van der Waals surface area (Å²) in [5.41, 5.74) is 2.34. The van der Waals surface area contributed by atoms with Gasteiger partial charge in [0, 0.05) is 43.1 Å². The number of hydrogen-bond donors (Lipinski definition) is 1. The lowest BCUT2D eigenvalue weighted by molar-refractivity contribution is -0.152. The standard InChI is InChI=1S/C21H29ClN4O2/c1-2-28-21(27)20-15-25(10-4-3-5-19-13-23-16-24-19)11-12-26(20)14-17-6-8-18(22)9-7-17/h6-9,13,16,20H,2-5,10-12,14-15H2,1H3,(H,23,24). The van der Waals surface area contributed by atoms with Crippen molar-refractivity contribution >= 4 is 17.6 Å². The lowest BCUT2D eigenvalue weighted by Gasteiger charge is -2.40. The quantitative estimate of drug-likeness (QED) is 0.514. The molecule has 0 radical (unpaired) electrons. The van der Waals surface area contributed by atoms with Gasteiger partial charge in [0.1, 0.15) is 6.04 Å². The van der Waals surface area contributed by atoms with Crippen LogP contribution >= 0.6 is 11.6 Å². The Morgan fingerprint density at radius 3 is 2.82 bits per heavy atom. The van der Waals surface area contributed by atoms with Gasteiger partial charge in [-0.25, -0.2) is 4.98 Å². The van der Waals surface area contributed by atoms with Crippen molar-refractivity contribution in [1.82, 2.24) is 19.8 Å². The van der Waals surface area contributed by atoms with E-state index in [2.05, 4.69) is 19.8 Å². The van der Waals surface area contributed by atoms with Crippen molar-refractivity contribution in [3.63, 3.8) is 0 Å². The summed E-state index contributed by atoms with van der Waals surface area (Å²) >= 11 is 5.99. The predicted octanol–water partition coefficient (Wildman–Crippen LogP) is 3.14. The van der Waals surface area contributed by atoms with E-state index in [1.54, 1.807) is 6.33 Å². The number of nitrogens with one attached hydrogen (secondary N) is 1. The van der Waals surface area contributed by atoms with E-state index in [0.29, 0.717) is 6.61 Å². The van der Waals surface area contributed by atoms with Crippen LogP contribution < -0.4 is 0 Å². The van der Waals surface area contributed by atoms with E-state index in [0.717, 1.165) is 62.6 Å². The zero-order valence-corrected chi connectivity index (χ0v) is 17.2. The highest BCUT2D eigenvalue weighted by molar-refractivity contribution is 6.30. The zero-order valence-electron chi connectivity index (χ0n) is 16.4. The molecule has 1 N–H and O–H groups in total. The number of imidazole rings is 1. The van der Waals surface area contributed by atoms with Gasteiger partial charge >= 0.3 is 5.97 Å². The number of H-pyrrole nitrogens is 1. The molecule has 152 valence electrons. The summed E-state index contributed by atoms with van der Waals surface area (Å²) in [6.07, 6.45) is 6.83. The van der Waals surface area contributed by atoms with Crippen LogP contribution in [0.2, 0.25) is 5.02 Å². The van der Waals surface area contributed by atoms with E-state index in [9.17, 15) is 4.79 Å². The normalized spacial score (nSPS) is 18.3. The Labute approximate surface area is 171 Å². The van der Waals surface area contributed by atoms with Crippen molar-refractivity contribution in [3.8, 4) is 0 Å². The van der Waals surface area contributed by atoms with Crippen LogP contribution in [-0.4, -0.2) is 64.6 Å². The number of hydrogen-bond acceptors (Lipinski definition) is 5. The van der Waals surface area contributed by atoms with Gasteiger partial charge in [-0.15, -0.1) is 0 Å². The number of benzene rings is 1. The molecular formula is C21H29ClN4O2. The molecule has 0 aliphatic carbocycles. The second kappa shape index (κ2) is 10.6. The van der Waals surface area contributed by atoms with Crippen LogP contribution in [0.1, 0.15) is 31.0 Å². The molecule has 7 heteroatoms. The molecule has 0 saturated carbocycles. The minimum atomic E-state index is -0.225. The van der Waals surface area contributed by atoms with Crippen LogP contribution in [0.15, 0.2) is 36.8 Å². The van der Waals surface area contributed by atoms with E-state index in [1.165, 1.54) is 5.69 Å². The second-order valence-electron chi connectivity index (χ2n) is 7.20. The number of esters is 1. The van der Waals surface area contributed by atoms with Crippen molar-refractivity contribution in [1.29, 1.82) is 0 Å². The summed E-state index contributed by atoms with van der Waals surface area (Å²) in [5, 5.41) is 0.727. The van der Waals surface area contributed by atoms with E-state index >= 15 is 0 Å². The summed E-state index contributed by atoms with van der Waals surface area (Å²) in [7, 11) is 0. The molecule has 1 aromatic heterocycles. The number of aryl methyl sites for hydroxylation is 1.